The number of hydrogen-bond donors (Lipinski definition) is 2. The fourth-order valence-corrected chi connectivity index (χ4v) is 3.77. The van der Waals surface area contributed by atoms with Gasteiger partial charge in [-0.2, -0.15) is 4.91 Å². The van der Waals surface area contributed by atoms with Crippen LogP contribution in [0, 0.1) is 4.91 Å². The number of phenols is 1. The first-order valence-electron chi connectivity index (χ1n) is 9.07. The highest BCUT2D eigenvalue weighted by atomic mass is 16.3. The summed E-state index contributed by atoms with van der Waals surface area (Å²) in [6, 6.07) is 12.7. The monoisotopic (exact) mass is 371 g/mol. The molecule has 2 aromatic carbocycles. The Morgan fingerprint density at radius 2 is 2.04 bits per heavy atom. The first kappa shape index (κ1) is 16.4. The van der Waals surface area contributed by atoms with Crippen LogP contribution in [0.3, 0.4) is 0 Å². The molecule has 0 bridgehead atoms. The Hall–Kier alpha value is -3.74. The third-order valence-corrected chi connectivity index (χ3v) is 5.15. The Kier molecular flexibility index (Phi) is 3.79. The second kappa shape index (κ2) is 6.45. The highest BCUT2D eigenvalue weighted by Crippen LogP contribution is 2.37. The second-order valence-electron chi connectivity index (χ2n) is 6.86. The zero-order chi connectivity index (χ0) is 19.1. The maximum absolute atomic E-state index is 11.0. The predicted molar refractivity (Wildman–Crippen MR) is 107 cm³/mol. The van der Waals surface area contributed by atoms with Crippen molar-refractivity contribution < 1.29 is 5.11 Å². The van der Waals surface area contributed by atoms with Gasteiger partial charge in [0.15, 0.2) is 5.65 Å². The topological polar surface area (TPSA) is 91.9 Å². The number of nitroso groups, excluding NO2 is 1. The van der Waals surface area contributed by atoms with Crippen molar-refractivity contribution in [1.82, 2.24) is 14.4 Å². The number of hydrogen-bond acceptors (Lipinski definition) is 6. The number of benzene rings is 2. The summed E-state index contributed by atoms with van der Waals surface area (Å²) in [5, 5.41) is 16.3. The van der Waals surface area contributed by atoms with Crippen LogP contribution in [0.15, 0.2) is 66.2 Å². The molecule has 2 N–H and O–H groups in total. The van der Waals surface area contributed by atoms with Gasteiger partial charge < -0.3 is 10.4 Å². The highest BCUT2D eigenvalue weighted by Gasteiger charge is 2.23. The van der Waals surface area contributed by atoms with Crippen molar-refractivity contribution in [2.24, 2.45) is 5.18 Å². The molecule has 5 rings (SSSR count). The second-order valence-corrected chi connectivity index (χ2v) is 6.86. The molecular weight excluding hydrogens is 354 g/mol. The molecule has 0 saturated carbocycles. The number of imidazole rings is 1. The van der Waals surface area contributed by atoms with Gasteiger partial charge in [-0.15, -0.1) is 0 Å². The molecule has 0 saturated heterocycles. The Balaban J connectivity index is 1.60. The van der Waals surface area contributed by atoms with Gasteiger partial charge in [0.25, 0.3) is 0 Å². The first-order chi connectivity index (χ1) is 13.7. The first-order valence-corrected chi connectivity index (χ1v) is 9.07. The number of anilines is 2. The van der Waals surface area contributed by atoms with Gasteiger partial charge in [0.1, 0.15) is 23.3 Å². The van der Waals surface area contributed by atoms with Crippen molar-refractivity contribution in [3.63, 3.8) is 0 Å². The van der Waals surface area contributed by atoms with Crippen molar-refractivity contribution in [1.29, 1.82) is 0 Å². The van der Waals surface area contributed by atoms with Gasteiger partial charge in [0, 0.05) is 23.6 Å². The number of fused-ring (bicyclic) bond motifs is 2. The van der Waals surface area contributed by atoms with Crippen molar-refractivity contribution in [3.8, 4) is 17.0 Å². The number of nitrogens with one attached hydrogen (secondary N) is 1. The summed E-state index contributed by atoms with van der Waals surface area (Å²) in [7, 11) is 0. The lowest BCUT2D eigenvalue weighted by Crippen LogP contribution is -1.98. The predicted octanol–water partition coefficient (Wildman–Crippen LogP) is 4.60. The quantitative estimate of drug-likeness (QED) is 0.512. The number of aromatic hydroxyl groups is 1. The Bertz CT molecular complexity index is 1180. The molecule has 28 heavy (non-hydrogen) atoms. The van der Waals surface area contributed by atoms with E-state index in [2.05, 4.69) is 21.5 Å². The largest absolute Gasteiger partial charge is 0.508 e. The summed E-state index contributed by atoms with van der Waals surface area (Å²) < 4.78 is 1.94. The van der Waals surface area contributed by atoms with E-state index in [-0.39, 0.29) is 11.8 Å². The molecule has 138 valence electrons. The van der Waals surface area contributed by atoms with E-state index in [0.29, 0.717) is 0 Å². The van der Waals surface area contributed by atoms with Gasteiger partial charge in [-0.25, -0.2) is 4.98 Å². The van der Waals surface area contributed by atoms with Crippen LogP contribution in [-0.4, -0.2) is 19.5 Å². The fourth-order valence-electron chi connectivity index (χ4n) is 3.77. The molecule has 1 aliphatic rings. The lowest BCUT2D eigenvalue weighted by molar-refractivity contribution is 0.475. The molecule has 1 aliphatic carbocycles. The maximum Gasteiger partial charge on any atom is 0.157 e. The highest BCUT2D eigenvalue weighted by molar-refractivity contribution is 5.80. The number of rotatable bonds is 4. The van der Waals surface area contributed by atoms with E-state index in [9.17, 15) is 10.0 Å². The van der Waals surface area contributed by atoms with Crippen LogP contribution >= 0.6 is 0 Å². The third kappa shape index (κ3) is 2.68. The number of aromatic nitrogens is 3. The zero-order valence-electron chi connectivity index (χ0n) is 14.9. The molecule has 2 aromatic heterocycles. The zero-order valence-corrected chi connectivity index (χ0v) is 14.9. The van der Waals surface area contributed by atoms with Crippen molar-refractivity contribution in [3.05, 3.63) is 77.1 Å². The van der Waals surface area contributed by atoms with E-state index in [0.717, 1.165) is 52.4 Å². The fraction of sp³-hybridized carbons (Fsp3) is 0.143. The van der Waals surface area contributed by atoms with E-state index < -0.39 is 0 Å². The molecule has 7 heteroatoms. The molecule has 0 fully saturated rings. The van der Waals surface area contributed by atoms with E-state index in [1.807, 2.05) is 34.9 Å². The number of aryl methyl sites for hydroxylation is 1. The van der Waals surface area contributed by atoms with Crippen LogP contribution in [0.1, 0.15) is 23.6 Å². The summed E-state index contributed by atoms with van der Waals surface area (Å²) in [5.74, 6) is 1.02. The normalized spacial score (nSPS) is 15.5. The smallest absolute Gasteiger partial charge is 0.157 e. The van der Waals surface area contributed by atoms with Gasteiger partial charge in [-0.3, -0.25) is 9.38 Å². The molecule has 0 aliphatic heterocycles. The summed E-state index contributed by atoms with van der Waals surface area (Å²) >= 11 is 0. The molecule has 7 nitrogen and oxygen atoms in total. The molecule has 4 aromatic rings. The number of phenolic OH excluding ortho intramolecular Hbond substituents is 1. The third-order valence-electron chi connectivity index (χ3n) is 5.15. The van der Waals surface area contributed by atoms with Crippen LogP contribution in [-0.2, 0) is 6.42 Å². The molecule has 1 atom stereocenters. The van der Waals surface area contributed by atoms with Crippen LogP contribution in [0.2, 0.25) is 0 Å². The van der Waals surface area contributed by atoms with Crippen molar-refractivity contribution >= 4 is 17.2 Å². The summed E-state index contributed by atoms with van der Waals surface area (Å²) in [6.45, 7) is 0. The Morgan fingerprint density at radius 3 is 2.86 bits per heavy atom. The van der Waals surface area contributed by atoms with Gasteiger partial charge in [-0.05, 0) is 60.4 Å². The Morgan fingerprint density at radius 1 is 1.18 bits per heavy atom. The maximum atomic E-state index is 11.0. The molecule has 0 spiro atoms. The van der Waals surface area contributed by atoms with Gasteiger partial charge in [-0.1, -0.05) is 11.2 Å². The molecular formula is C21H17N5O2. The minimum Gasteiger partial charge on any atom is -0.508 e. The lowest BCUT2D eigenvalue weighted by atomic mass is 10.1. The average Bonchev–Trinajstić information content (AvgIpc) is 3.30. The Labute approximate surface area is 160 Å². The average molecular weight is 371 g/mol. The standard InChI is InChI=1S/C21H17N5O2/c27-16-5-1-13(2-6-16)20-21(26-10-9-22-12-19(26)24-20)23-15-4-7-17-14(11-15)3-8-18(17)25-28/h1-2,4-7,9-12,18,23,27H,3,8H2. The van der Waals surface area contributed by atoms with Crippen molar-refractivity contribution in [2.75, 3.05) is 5.32 Å². The molecule has 1 unspecified atom stereocenters. The van der Waals surface area contributed by atoms with E-state index in [1.54, 1.807) is 24.5 Å². The SMILES string of the molecule is O=NC1CCc2cc(Nc3c(-c4ccc(O)cc4)nc4cnccn34)ccc21. The van der Waals surface area contributed by atoms with Crippen LogP contribution < -0.4 is 5.32 Å². The van der Waals surface area contributed by atoms with Gasteiger partial charge >= 0.3 is 0 Å². The lowest BCUT2D eigenvalue weighted by Gasteiger charge is -2.11. The van der Waals surface area contributed by atoms with Crippen LogP contribution in [0.5, 0.6) is 5.75 Å². The minimum atomic E-state index is -0.238. The number of nitrogens with zero attached hydrogens (tertiary/aromatic N) is 4. The van der Waals surface area contributed by atoms with E-state index >= 15 is 0 Å². The molecule has 2 heterocycles. The minimum absolute atomic E-state index is 0.209. The van der Waals surface area contributed by atoms with E-state index in [4.69, 9.17) is 4.98 Å². The summed E-state index contributed by atoms with van der Waals surface area (Å²) in [6.07, 6.45) is 6.89. The molecule has 0 amide bonds. The summed E-state index contributed by atoms with van der Waals surface area (Å²) in [4.78, 5) is 19.8. The summed E-state index contributed by atoms with van der Waals surface area (Å²) in [5.41, 5.74) is 5.46. The van der Waals surface area contributed by atoms with Crippen LogP contribution in [0.25, 0.3) is 16.9 Å². The van der Waals surface area contributed by atoms with E-state index in [1.165, 1.54) is 0 Å². The van der Waals surface area contributed by atoms with Gasteiger partial charge in [0.2, 0.25) is 0 Å². The molecule has 0 radical (unpaired) electrons. The van der Waals surface area contributed by atoms with Gasteiger partial charge in [0.05, 0.1) is 6.20 Å². The van der Waals surface area contributed by atoms with Crippen molar-refractivity contribution in [2.45, 2.75) is 18.9 Å². The van der Waals surface area contributed by atoms with Crippen LogP contribution in [0.4, 0.5) is 11.5 Å².